The molecule has 1 aromatic rings. The Kier molecular flexibility index (Phi) is 4.83. The van der Waals surface area contributed by atoms with Gasteiger partial charge in [-0.2, -0.15) is 0 Å². The molecule has 5 nitrogen and oxygen atoms in total. The fraction of sp³-hybridized carbons (Fsp3) is 0.500. The standard InChI is InChI=1S/C16H22N2O3/c1-10-6-11(2)8-13(7-10)18-16(21)17-9-12-4-3-5-14(12)15(19)20/h6-8,12,14H,3-5,9H2,1-2H3,(H,19,20)(H2,17,18,21). The predicted molar refractivity (Wildman–Crippen MR) is 81.4 cm³/mol. The molecule has 2 rings (SSSR count). The van der Waals surface area contributed by atoms with E-state index < -0.39 is 5.97 Å². The van der Waals surface area contributed by atoms with Gasteiger partial charge in [0.25, 0.3) is 0 Å². The molecule has 0 heterocycles. The van der Waals surface area contributed by atoms with Crippen LogP contribution in [0.25, 0.3) is 0 Å². The molecule has 2 amide bonds. The van der Waals surface area contributed by atoms with Crippen LogP contribution in [0, 0.1) is 25.7 Å². The summed E-state index contributed by atoms with van der Waals surface area (Å²) in [5, 5.41) is 14.7. The summed E-state index contributed by atoms with van der Waals surface area (Å²) in [4.78, 5) is 23.0. The number of carboxylic acids is 1. The molecule has 1 fully saturated rings. The van der Waals surface area contributed by atoms with Gasteiger partial charge >= 0.3 is 12.0 Å². The van der Waals surface area contributed by atoms with Crippen LogP contribution >= 0.6 is 0 Å². The highest BCUT2D eigenvalue weighted by molar-refractivity contribution is 5.89. The van der Waals surface area contributed by atoms with Crippen LogP contribution in [0.4, 0.5) is 10.5 Å². The van der Waals surface area contributed by atoms with E-state index in [4.69, 9.17) is 5.11 Å². The van der Waals surface area contributed by atoms with Gasteiger partial charge in [-0.25, -0.2) is 4.79 Å². The van der Waals surface area contributed by atoms with Crippen molar-refractivity contribution in [3.05, 3.63) is 29.3 Å². The summed E-state index contributed by atoms with van der Waals surface area (Å²) >= 11 is 0. The second-order valence-electron chi connectivity index (χ2n) is 5.85. The molecule has 1 aliphatic rings. The zero-order chi connectivity index (χ0) is 15.4. The predicted octanol–water partition coefficient (Wildman–Crippen LogP) is 2.93. The smallest absolute Gasteiger partial charge is 0.319 e. The van der Waals surface area contributed by atoms with E-state index in [0.717, 1.165) is 29.7 Å². The third-order valence-electron chi connectivity index (χ3n) is 3.98. The summed E-state index contributed by atoms with van der Waals surface area (Å²) < 4.78 is 0. The normalized spacial score (nSPS) is 21.0. The van der Waals surface area contributed by atoms with Crippen molar-refractivity contribution < 1.29 is 14.7 Å². The van der Waals surface area contributed by atoms with E-state index in [-0.39, 0.29) is 17.9 Å². The van der Waals surface area contributed by atoms with E-state index in [0.29, 0.717) is 13.0 Å². The number of hydrogen-bond acceptors (Lipinski definition) is 2. The Morgan fingerprint density at radius 2 is 1.86 bits per heavy atom. The van der Waals surface area contributed by atoms with E-state index in [2.05, 4.69) is 10.6 Å². The van der Waals surface area contributed by atoms with Crippen molar-refractivity contribution in [3.8, 4) is 0 Å². The average Bonchev–Trinajstić information content (AvgIpc) is 2.83. The van der Waals surface area contributed by atoms with E-state index in [1.165, 1.54) is 0 Å². The van der Waals surface area contributed by atoms with Crippen LogP contribution in [0.1, 0.15) is 30.4 Å². The number of anilines is 1. The number of carbonyl (C=O) groups is 2. The summed E-state index contributed by atoms with van der Waals surface area (Å²) in [6.07, 6.45) is 2.49. The lowest BCUT2D eigenvalue weighted by Crippen LogP contribution is -2.35. The van der Waals surface area contributed by atoms with Crippen LogP contribution in [0.15, 0.2) is 18.2 Å². The molecule has 0 radical (unpaired) electrons. The molecule has 1 aliphatic carbocycles. The van der Waals surface area contributed by atoms with Gasteiger partial charge < -0.3 is 15.7 Å². The molecule has 21 heavy (non-hydrogen) atoms. The van der Waals surface area contributed by atoms with Crippen LogP contribution in [-0.2, 0) is 4.79 Å². The molecular formula is C16H22N2O3. The third kappa shape index (κ3) is 4.21. The van der Waals surface area contributed by atoms with E-state index in [9.17, 15) is 9.59 Å². The molecule has 0 bridgehead atoms. The first-order valence-corrected chi connectivity index (χ1v) is 7.31. The Labute approximate surface area is 124 Å². The van der Waals surface area contributed by atoms with Crippen molar-refractivity contribution in [3.63, 3.8) is 0 Å². The number of carbonyl (C=O) groups excluding carboxylic acids is 1. The van der Waals surface area contributed by atoms with Crippen molar-refractivity contribution in [2.24, 2.45) is 11.8 Å². The van der Waals surface area contributed by atoms with Gasteiger partial charge in [-0.3, -0.25) is 4.79 Å². The van der Waals surface area contributed by atoms with E-state index in [1.54, 1.807) is 0 Å². The molecule has 2 unspecified atom stereocenters. The summed E-state index contributed by atoms with van der Waals surface area (Å²) in [6.45, 7) is 4.37. The summed E-state index contributed by atoms with van der Waals surface area (Å²) in [7, 11) is 0. The van der Waals surface area contributed by atoms with Gasteiger partial charge in [0.05, 0.1) is 5.92 Å². The molecule has 0 aromatic heterocycles. The Balaban J connectivity index is 1.86. The van der Waals surface area contributed by atoms with Crippen LogP contribution in [0.3, 0.4) is 0 Å². The Morgan fingerprint density at radius 3 is 2.48 bits per heavy atom. The van der Waals surface area contributed by atoms with Gasteiger partial charge in [0.1, 0.15) is 0 Å². The van der Waals surface area contributed by atoms with Crippen LogP contribution in [-0.4, -0.2) is 23.7 Å². The summed E-state index contributed by atoms with van der Waals surface area (Å²) in [5.74, 6) is -1.05. The number of nitrogens with one attached hydrogen (secondary N) is 2. The van der Waals surface area contributed by atoms with Crippen molar-refractivity contribution in [1.82, 2.24) is 5.32 Å². The highest BCUT2D eigenvalue weighted by atomic mass is 16.4. The quantitative estimate of drug-likeness (QED) is 0.797. The minimum atomic E-state index is -0.756. The fourth-order valence-corrected chi connectivity index (χ4v) is 3.05. The first-order valence-electron chi connectivity index (χ1n) is 7.31. The van der Waals surface area contributed by atoms with Crippen LogP contribution < -0.4 is 10.6 Å². The first-order chi connectivity index (χ1) is 9.95. The number of carboxylic acid groups (broad SMARTS) is 1. The fourth-order valence-electron chi connectivity index (χ4n) is 3.05. The minimum absolute atomic E-state index is 0.0347. The average molecular weight is 290 g/mol. The Morgan fingerprint density at radius 1 is 1.19 bits per heavy atom. The minimum Gasteiger partial charge on any atom is -0.481 e. The number of benzene rings is 1. The lowest BCUT2D eigenvalue weighted by Gasteiger charge is -2.16. The Hall–Kier alpha value is -2.04. The van der Waals surface area contributed by atoms with Crippen molar-refractivity contribution >= 4 is 17.7 Å². The zero-order valence-electron chi connectivity index (χ0n) is 12.5. The highest BCUT2D eigenvalue weighted by Crippen LogP contribution is 2.31. The van der Waals surface area contributed by atoms with Crippen molar-refractivity contribution in [2.45, 2.75) is 33.1 Å². The molecule has 1 aromatic carbocycles. The highest BCUT2D eigenvalue weighted by Gasteiger charge is 2.32. The van der Waals surface area contributed by atoms with Gasteiger partial charge in [-0.05, 0) is 55.9 Å². The zero-order valence-corrected chi connectivity index (χ0v) is 12.5. The molecule has 5 heteroatoms. The summed E-state index contributed by atoms with van der Waals surface area (Å²) in [5.41, 5.74) is 2.94. The molecule has 2 atom stereocenters. The van der Waals surface area contributed by atoms with Gasteiger partial charge in [0, 0.05) is 12.2 Å². The van der Waals surface area contributed by atoms with E-state index >= 15 is 0 Å². The maximum Gasteiger partial charge on any atom is 0.319 e. The number of hydrogen-bond donors (Lipinski definition) is 3. The molecule has 0 saturated heterocycles. The monoisotopic (exact) mass is 290 g/mol. The third-order valence-corrected chi connectivity index (χ3v) is 3.98. The van der Waals surface area contributed by atoms with Gasteiger partial charge in [-0.1, -0.05) is 12.5 Å². The molecule has 0 aliphatic heterocycles. The molecule has 3 N–H and O–H groups in total. The lowest BCUT2D eigenvalue weighted by molar-refractivity contribution is -0.142. The lowest BCUT2D eigenvalue weighted by atomic mass is 9.96. The largest absolute Gasteiger partial charge is 0.481 e. The number of aryl methyl sites for hydroxylation is 2. The van der Waals surface area contributed by atoms with Crippen LogP contribution in [0.2, 0.25) is 0 Å². The number of rotatable bonds is 4. The Bertz CT molecular complexity index is 522. The summed E-state index contributed by atoms with van der Waals surface area (Å²) in [6, 6.07) is 5.57. The molecular weight excluding hydrogens is 268 g/mol. The second kappa shape index (κ2) is 6.61. The number of aliphatic carboxylic acids is 1. The second-order valence-corrected chi connectivity index (χ2v) is 5.85. The molecule has 0 spiro atoms. The van der Waals surface area contributed by atoms with Crippen molar-refractivity contribution in [2.75, 3.05) is 11.9 Å². The SMILES string of the molecule is Cc1cc(C)cc(NC(=O)NCC2CCCC2C(=O)O)c1. The maximum atomic E-state index is 11.9. The maximum absolute atomic E-state index is 11.9. The number of amides is 2. The van der Waals surface area contributed by atoms with Gasteiger partial charge in [0.2, 0.25) is 0 Å². The number of urea groups is 1. The van der Waals surface area contributed by atoms with Gasteiger partial charge in [0.15, 0.2) is 0 Å². The topological polar surface area (TPSA) is 78.4 Å². The molecule has 114 valence electrons. The first kappa shape index (κ1) is 15.4. The van der Waals surface area contributed by atoms with E-state index in [1.807, 2.05) is 32.0 Å². The molecule has 1 saturated carbocycles. The van der Waals surface area contributed by atoms with Crippen molar-refractivity contribution in [1.29, 1.82) is 0 Å². The van der Waals surface area contributed by atoms with Gasteiger partial charge in [-0.15, -0.1) is 0 Å². The van der Waals surface area contributed by atoms with Crippen LogP contribution in [0.5, 0.6) is 0 Å².